The van der Waals surface area contributed by atoms with E-state index in [2.05, 4.69) is 5.32 Å². The Labute approximate surface area is 177 Å². The van der Waals surface area contributed by atoms with Crippen LogP contribution in [-0.4, -0.2) is 22.8 Å². The topological polar surface area (TPSA) is 49.4 Å². The van der Waals surface area contributed by atoms with Crippen LogP contribution in [0.25, 0.3) is 11.1 Å². The minimum atomic E-state index is -4.42. The van der Waals surface area contributed by atoms with Gasteiger partial charge in [-0.1, -0.05) is 48.5 Å². The molecule has 1 unspecified atom stereocenters. The zero-order valence-electron chi connectivity index (χ0n) is 16.6. The highest BCUT2D eigenvalue weighted by atomic mass is 19.4. The first-order valence-corrected chi connectivity index (χ1v) is 9.71. The van der Waals surface area contributed by atoms with Gasteiger partial charge in [-0.2, -0.15) is 13.2 Å². The van der Waals surface area contributed by atoms with Crippen molar-refractivity contribution in [3.05, 3.63) is 89.5 Å². The zero-order chi connectivity index (χ0) is 22.2. The fourth-order valence-electron chi connectivity index (χ4n) is 3.56. The van der Waals surface area contributed by atoms with Gasteiger partial charge in [0.15, 0.2) is 0 Å². The summed E-state index contributed by atoms with van der Waals surface area (Å²) in [6.07, 6.45) is -4.42. The summed E-state index contributed by atoms with van der Waals surface area (Å²) in [6, 6.07) is 18.3. The normalized spacial score (nSPS) is 16.5. The SMILES string of the molecule is CC1C(=O)Nc2ccc(-c3ccc(C(F)(F)F)cc3)cc2C(=O)N1Cc1ccccc1. The van der Waals surface area contributed by atoms with Crippen molar-refractivity contribution in [1.82, 2.24) is 4.90 Å². The molecule has 0 radical (unpaired) electrons. The molecule has 0 fully saturated rings. The molecule has 0 saturated carbocycles. The van der Waals surface area contributed by atoms with Gasteiger partial charge in [-0.05, 0) is 47.9 Å². The third kappa shape index (κ3) is 4.17. The molecule has 0 bridgehead atoms. The molecule has 4 nitrogen and oxygen atoms in total. The van der Waals surface area contributed by atoms with E-state index in [1.54, 1.807) is 25.1 Å². The van der Waals surface area contributed by atoms with Crippen molar-refractivity contribution < 1.29 is 22.8 Å². The van der Waals surface area contributed by atoms with Crippen molar-refractivity contribution in [2.45, 2.75) is 25.7 Å². The van der Waals surface area contributed by atoms with E-state index in [-0.39, 0.29) is 18.4 Å². The molecule has 0 aromatic heterocycles. The van der Waals surface area contributed by atoms with Gasteiger partial charge < -0.3 is 10.2 Å². The van der Waals surface area contributed by atoms with Crippen LogP contribution < -0.4 is 5.32 Å². The molecular weight excluding hydrogens is 405 g/mol. The highest BCUT2D eigenvalue weighted by Crippen LogP contribution is 2.33. The molecule has 31 heavy (non-hydrogen) atoms. The Kier molecular flexibility index (Phi) is 5.27. The number of amides is 2. The number of nitrogens with one attached hydrogen (secondary N) is 1. The predicted octanol–water partition coefficient (Wildman–Crippen LogP) is 5.36. The predicted molar refractivity (Wildman–Crippen MR) is 111 cm³/mol. The summed E-state index contributed by atoms with van der Waals surface area (Å²) in [5.74, 6) is -0.622. The first-order chi connectivity index (χ1) is 14.7. The first-order valence-electron chi connectivity index (χ1n) is 9.71. The van der Waals surface area contributed by atoms with Gasteiger partial charge >= 0.3 is 6.18 Å². The summed E-state index contributed by atoms with van der Waals surface area (Å²) in [7, 11) is 0. The average molecular weight is 424 g/mol. The van der Waals surface area contributed by atoms with E-state index >= 15 is 0 Å². The van der Waals surface area contributed by atoms with Crippen LogP contribution in [0.1, 0.15) is 28.4 Å². The number of rotatable bonds is 3. The van der Waals surface area contributed by atoms with Gasteiger partial charge in [0.2, 0.25) is 5.91 Å². The fourth-order valence-corrected chi connectivity index (χ4v) is 3.56. The van der Waals surface area contributed by atoms with Crippen LogP contribution in [0.2, 0.25) is 0 Å². The van der Waals surface area contributed by atoms with Gasteiger partial charge in [0.05, 0.1) is 16.8 Å². The highest BCUT2D eigenvalue weighted by molar-refractivity contribution is 6.10. The number of fused-ring (bicyclic) bond motifs is 1. The molecule has 1 heterocycles. The van der Waals surface area contributed by atoms with Crippen molar-refractivity contribution in [2.24, 2.45) is 0 Å². The second kappa shape index (κ2) is 7.91. The summed E-state index contributed by atoms with van der Waals surface area (Å²) >= 11 is 0. The van der Waals surface area contributed by atoms with E-state index in [4.69, 9.17) is 0 Å². The third-order valence-electron chi connectivity index (χ3n) is 5.36. The highest BCUT2D eigenvalue weighted by Gasteiger charge is 2.33. The number of hydrogen-bond acceptors (Lipinski definition) is 2. The Morgan fingerprint density at radius 3 is 2.19 bits per heavy atom. The van der Waals surface area contributed by atoms with Crippen molar-refractivity contribution in [3.63, 3.8) is 0 Å². The molecular formula is C24H19F3N2O2. The van der Waals surface area contributed by atoms with Crippen LogP contribution in [0.4, 0.5) is 18.9 Å². The van der Waals surface area contributed by atoms with Crippen molar-refractivity contribution in [3.8, 4) is 11.1 Å². The number of anilines is 1. The van der Waals surface area contributed by atoms with Crippen LogP contribution >= 0.6 is 0 Å². The second-order valence-electron chi connectivity index (χ2n) is 7.42. The molecule has 1 atom stereocenters. The molecule has 0 spiro atoms. The summed E-state index contributed by atoms with van der Waals surface area (Å²) in [4.78, 5) is 27.4. The number of halogens is 3. The Morgan fingerprint density at radius 2 is 1.55 bits per heavy atom. The quantitative estimate of drug-likeness (QED) is 0.616. The smallest absolute Gasteiger partial charge is 0.324 e. The second-order valence-corrected chi connectivity index (χ2v) is 7.42. The molecule has 2 amide bonds. The van der Waals surface area contributed by atoms with E-state index < -0.39 is 17.8 Å². The molecule has 0 saturated heterocycles. The number of nitrogens with zero attached hydrogens (tertiary/aromatic N) is 1. The van der Waals surface area contributed by atoms with Crippen LogP contribution in [0.5, 0.6) is 0 Å². The van der Waals surface area contributed by atoms with Crippen LogP contribution in [0.15, 0.2) is 72.8 Å². The zero-order valence-corrected chi connectivity index (χ0v) is 16.6. The third-order valence-corrected chi connectivity index (χ3v) is 5.36. The Hall–Kier alpha value is -3.61. The maximum Gasteiger partial charge on any atom is 0.416 e. The number of benzene rings is 3. The van der Waals surface area contributed by atoms with Crippen molar-refractivity contribution >= 4 is 17.5 Å². The van der Waals surface area contributed by atoms with Gasteiger partial charge in [-0.3, -0.25) is 9.59 Å². The molecule has 3 aromatic carbocycles. The summed E-state index contributed by atoms with van der Waals surface area (Å²) in [5, 5.41) is 2.78. The minimum absolute atomic E-state index is 0.262. The maximum atomic E-state index is 13.4. The van der Waals surface area contributed by atoms with Gasteiger partial charge in [-0.25, -0.2) is 0 Å². The van der Waals surface area contributed by atoms with E-state index in [1.165, 1.54) is 17.0 Å². The lowest BCUT2D eigenvalue weighted by Crippen LogP contribution is -2.42. The molecule has 1 aliphatic heterocycles. The number of alkyl halides is 3. The summed E-state index contributed by atoms with van der Waals surface area (Å²) < 4.78 is 38.5. The molecule has 0 aliphatic carbocycles. The number of carbonyl (C=O) groups excluding carboxylic acids is 2. The van der Waals surface area contributed by atoms with E-state index in [0.717, 1.165) is 17.7 Å². The molecule has 1 aliphatic rings. The molecule has 4 rings (SSSR count). The lowest BCUT2D eigenvalue weighted by Gasteiger charge is -2.26. The Balaban J connectivity index is 1.71. The monoisotopic (exact) mass is 424 g/mol. The van der Waals surface area contributed by atoms with Crippen molar-refractivity contribution in [1.29, 1.82) is 0 Å². The van der Waals surface area contributed by atoms with E-state index in [0.29, 0.717) is 22.4 Å². The molecule has 7 heteroatoms. The van der Waals surface area contributed by atoms with Gasteiger partial charge in [-0.15, -0.1) is 0 Å². The van der Waals surface area contributed by atoms with E-state index in [9.17, 15) is 22.8 Å². The molecule has 3 aromatic rings. The van der Waals surface area contributed by atoms with Crippen LogP contribution in [-0.2, 0) is 17.5 Å². The Morgan fingerprint density at radius 1 is 0.903 bits per heavy atom. The number of hydrogen-bond donors (Lipinski definition) is 1. The lowest BCUT2D eigenvalue weighted by atomic mass is 10.00. The molecule has 1 N–H and O–H groups in total. The Bertz CT molecular complexity index is 1130. The average Bonchev–Trinajstić information content (AvgIpc) is 2.84. The minimum Gasteiger partial charge on any atom is -0.324 e. The van der Waals surface area contributed by atoms with Gasteiger partial charge in [0.25, 0.3) is 5.91 Å². The van der Waals surface area contributed by atoms with Gasteiger partial charge in [0.1, 0.15) is 6.04 Å². The van der Waals surface area contributed by atoms with Crippen LogP contribution in [0.3, 0.4) is 0 Å². The maximum absolute atomic E-state index is 13.4. The largest absolute Gasteiger partial charge is 0.416 e. The summed E-state index contributed by atoms with van der Waals surface area (Å²) in [5.41, 5.74) is 1.96. The van der Waals surface area contributed by atoms with Crippen molar-refractivity contribution in [2.75, 3.05) is 5.32 Å². The van der Waals surface area contributed by atoms with Gasteiger partial charge in [0, 0.05) is 6.54 Å². The first kappa shape index (κ1) is 20.7. The lowest BCUT2D eigenvalue weighted by molar-refractivity contribution is -0.137. The summed E-state index contributed by atoms with van der Waals surface area (Å²) in [6.45, 7) is 1.93. The number of carbonyl (C=O) groups is 2. The molecule has 158 valence electrons. The van der Waals surface area contributed by atoms with E-state index in [1.807, 2.05) is 30.3 Å². The van der Waals surface area contributed by atoms with Crippen LogP contribution in [0, 0.1) is 0 Å². The standard InChI is InChI=1S/C24H19F3N2O2/c1-15-22(30)28-21-12-9-18(17-7-10-19(11-8-17)24(25,26)27)13-20(21)23(31)29(15)14-16-5-3-2-4-6-16/h2-13,15H,14H2,1H3,(H,28,30). The fraction of sp³-hybridized carbons (Fsp3) is 0.167.